The second kappa shape index (κ2) is 10.3. The van der Waals surface area contributed by atoms with Gasteiger partial charge in [-0.3, -0.25) is 14.0 Å². The van der Waals surface area contributed by atoms with Crippen LogP contribution in [-0.2, 0) is 27.9 Å². The number of rotatable bonds is 9. The van der Waals surface area contributed by atoms with E-state index in [9.17, 15) is 13.2 Å². The smallest absolute Gasteiger partial charge is 0.244 e. The number of hydrogen-bond donors (Lipinski definition) is 1. The van der Waals surface area contributed by atoms with Crippen molar-refractivity contribution in [3.05, 3.63) is 65.2 Å². The Kier molecular flexibility index (Phi) is 7.73. The van der Waals surface area contributed by atoms with E-state index in [4.69, 9.17) is 0 Å². The zero-order chi connectivity index (χ0) is 22.4. The number of benzene rings is 2. The Labute approximate surface area is 186 Å². The number of carbonyl (C=O) groups excluding carboxylic acids is 1. The Balaban J connectivity index is 1.66. The predicted molar refractivity (Wildman–Crippen MR) is 125 cm³/mol. The summed E-state index contributed by atoms with van der Waals surface area (Å²) in [5.41, 5.74) is 3.80. The van der Waals surface area contributed by atoms with Crippen molar-refractivity contribution < 1.29 is 13.2 Å². The fraction of sp³-hybridized carbons (Fsp3) is 0.458. The highest BCUT2D eigenvalue weighted by Gasteiger charge is 2.31. The number of nitrogens with one attached hydrogen (secondary N) is 1. The van der Waals surface area contributed by atoms with Crippen molar-refractivity contribution in [1.82, 2.24) is 10.2 Å². The van der Waals surface area contributed by atoms with Crippen LogP contribution in [0, 0.1) is 6.92 Å². The molecule has 0 aromatic heterocycles. The van der Waals surface area contributed by atoms with Crippen LogP contribution in [-0.4, -0.2) is 44.6 Å². The second-order valence-electron chi connectivity index (χ2n) is 8.34. The first-order chi connectivity index (χ1) is 14.8. The summed E-state index contributed by atoms with van der Waals surface area (Å²) in [6.07, 6.45) is 4.06. The molecule has 0 unspecified atom stereocenters. The lowest BCUT2D eigenvalue weighted by Crippen LogP contribution is -2.49. The van der Waals surface area contributed by atoms with E-state index >= 15 is 0 Å². The molecule has 1 atom stereocenters. The van der Waals surface area contributed by atoms with Crippen molar-refractivity contribution in [2.24, 2.45) is 0 Å². The van der Waals surface area contributed by atoms with Gasteiger partial charge in [-0.1, -0.05) is 48.9 Å². The van der Waals surface area contributed by atoms with Gasteiger partial charge in [0, 0.05) is 13.1 Å². The molecule has 3 rings (SSSR count). The van der Waals surface area contributed by atoms with Gasteiger partial charge in [-0.15, -0.1) is 0 Å². The molecule has 0 radical (unpaired) electrons. The lowest BCUT2D eigenvalue weighted by atomic mass is 10.1. The third-order valence-electron chi connectivity index (χ3n) is 5.71. The largest absolute Gasteiger partial charge is 0.350 e. The van der Waals surface area contributed by atoms with Crippen LogP contribution < -0.4 is 9.62 Å². The monoisotopic (exact) mass is 443 g/mol. The molecule has 1 fully saturated rings. The number of likely N-dealkylation sites (tertiary alicyclic amines) is 1. The molecule has 1 amide bonds. The van der Waals surface area contributed by atoms with Crippen LogP contribution in [0.3, 0.4) is 0 Å². The zero-order valence-electron chi connectivity index (χ0n) is 18.7. The van der Waals surface area contributed by atoms with E-state index in [1.54, 1.807) is 12.1 Å². The average Bonchev–Trinajstić information content (AvgIpc) is 3.24. The van der Waals surface area contributed by atoms with Gasteiger partial charge in [0.15, 0.2) is 0 Å². The molecule has 1 saturated heterocycles. The van der Waals surface area contributed by atoms with Gasteiger partial charge in [0.25, 0.3) is 0 Å². The van der Waals surface area contributed by atoms with E-state index in [1.807, 2.05) is 38.1 Å². The first-order valence-corrected chi connectivity index (χ1v) is 12.8. The minimum absolute atomic E-state index is 0.297. The molecular formula is C24H33N3O3S. The van der Waals surface area contributed by atoms with Gasteiger partial charge in [0.05, 0.1) is 11.9 Å². The average molecular weight is 444 g/mol. The SMILES string of the molecule is CC[C@H](C(=O)NCc1ccc(CN2CCCC2)cc1)N(c1ccc(C)cc1)S(C)(=O)=O. The molecule has 6 nitrogen and oxygen atoms in total. The van der Waals surface area contributed by atoms with Crippen LogP contribution in [0.1, 0.15) is 42.9 Å². The number of amides is 1. The topological polar surface area (TPSA) is 69.7 Å². The van der Waals surface area contributed by atoms with Gasteiger partial charge in [-0.2, -0.15) is 0 Å². The first kappa shape index (κ1) is 23.3. The van der Waals surface area contributed by atoms with E-state index in [-0.39, 0.29) is 5.91 Å². The maximum Gasteiger partial charge on any atom is 0.244 e. The van der Waals surface area contributed by atoms with Crippen LogP contribution in [0.25, 0.3) is 0 Å². The molecule has 0 saturated carbocycles. The lowest BCUT2D eigenvalue weighted by molar-refractivity contribution is -0.122. The van der Waals surface area contributed by atoms with Crippen LogP contribution in [0.2, 0.25) is 0 Å². The Bertz CT molecular complexity index is 966. The summed E-state index contributed by atoms with van der Waals surface area (Å²) in [7, 11) is -3.62. The maximum atomic E-state index is 12.9. The van der Waals surface area contributed by atoms with E-state index < -0.39 is 16.1 Å². The van der Waals surface area contributed by atoms with Crippen molar-refractivity contribution in [1.29, 1.82) is 0 Å². The fourth-order valence-corrected chi connectivity index (χ4v) is 5.23. The van der Waals surface area contributed by atoms with Crippen LogP contribution in [0.5, 0.6) is 0 Å². The van der Waals surface area contributed by atoms with Gasteiger partial charge in [0.1, 0.15) is 6.04 Å². The number of hydrogen-bond acceptors (Lipinski definition) is 4. The Morgan fingerprint density at radius 1 is 1.03 bits per heavy atom. The number of sulfonamides is 1. The molecule has 168 valence electrons. The zero-order valence-corrected chi connectivity index (χ0v) is 19.5. The van der Waals surface area contributed by atoms with E-state index in [0.29, 0.717) is 18.7 Å². The summed E-state index contributed by atoms with van der Waals surface area (Å²) in [5.74, 6) is -0.297. The summed E-state index contributed by atoms with van der Waals surface area (Å²) >= 11 is 0. The standard InChI is InChI=1S/C24H33N3O3S/c1-4-23(27(31(3,29)30)22-13-7-19(2)8-14-22)24(28)25-17-20-9-11-21(12-10-20)18-26-15-5-6-16-26/h7-14,23H,4-6,15-18H2,1-3H3,(H,25,28)/t23-/m1/s1. The summed E-state index contributed by atoms with van der Waals surface area (Å²) < 4.78 is 26.3. The number of aryl methyl sites for hydroxylation is 1. The number of carbonyl (C=O) groups is 1. The Morgan fingerprint density at radius 3 is 2.16 bits per heavy atom. The molecule has 2 aromatic rings. The normalized spacial score (nSPS) is 15.6. The Morgan fingerprint density at radius 2 is 1.61 bits per heavy atom. The quantitative estimate of drug-likeness (QED) is 0.644. The summed E-state index contributed by atoms with van der Waals surface area (Å²) in [4.78, 5) is 15.4. The fourth-order valence-electron chi connectivity index (χ4n) is 4.02. The van der Waals surface area contributed by atoms with Gasteiger partial charge < -0.3 is 5.32 Å². The molecule has 0 bridgehead atoms. The highest BCUT2D eigenvalue weighted by atomic mass is 32.2. The lowest BCUT2D eigenvalue weighted by Gasteiger charge is -2.30. The third kappa shape index (κ3) is 6.31. The number of nitrogens with zero attached hydrogens (tertiary/aromatic N) is 2. The van der Waals surface area contributed by atoms with Crippen LogP contribution >= 0.6 is 0 Å². The van der Waals surface area contributed by atoms with Gasteiger partial charge in [0.2, 0.25) is 15.9 Å². The van der Waals surface area contributed by atoms with Crippen molar-refractivity contribution in [2.45, 2.75) is 52.2 Å². The number of anilines is 1. The molecule has 31 heavy (non-hydrogen) atoms. The van der Waals surface area contributed by atoms with Gasteiger partial charge in [-0.05, 0) is 62.5 Å². The second-order valence-corrected chi connectivity index (χ2v) is 10.2. The van der Waals surface area contributed by atoms with E-state index in [0.717, 1.165) is 37.0 Å². The molecule has 1 aliphatic rings. The predicted octanol–water partition coefficient (Wildman–Crippen LogP) is 3.45. The summed E-state index contributed by atoms with van der Waals surface area (Å²) in [6.45, 7) is 7.41. The molecule has 0 aliphatic carbocycles. The summed E-state index contributed by atoms with van der Waals surface area (Å²) in [6, 6.07) is 14.6. The molecule has 2 aromatic carbocycles. The minimum Gasteiger partial charge on any atom is -0.350 e. The van der Waals surface area contributed by atoms with Gasteiger partial charge >= 0.3 is 0 Å². The molecule has 1 aliphatic heterocycles. The van der Waals surface area contributed by atoms with Gasteiger partial charge in [-0.25, -0.2) is 8.42 Å². The third-order valence-corrected chi connectivity index (χ3v) is 6.89. The van der Waals surface area contributed by atoms with Crippen molar-refractivity contribution in [3.63, 3.8) is 0 Å². The highest BCUT2D eigenvalue weighted by molar-refractivity contribution is 7.92. The Hall–Kier alpha value is -2.38. The molecule has 0 spiro atoms. The molecule has 1 heterocycles. The van der Waals surface area contributed by atoms with Crippen LogP contribution in [0.4, 0.5) is 5.69 Å². The molecular weight excluding hydrogens is 410 g/mol. The molecule has 7 heteroatoms. The van der Waals surface area contributed by atoms with Crippen molar-refractivity contribution in [2.75, 3.05) is 23.7 Å². The van der Waals surface area contributed by atoms with Crippen LogP contribution in [0.15, 0.2) is 48.5 Å². The molecule has 1 N–H and O–H groups in total. The minimum atomic E-state index is -3.62. The van der Waals surface area contributed by atoms with E-state index in [1.165, 1.54) is 22.7 Å². The highest BCUT2D eigenvalue weighted by Crippen LogP contribution is 2.23. The van der Waals surface area contributed by atoms with Crippen molar-refractivity contribution >= 4 is 21.6 Å². The van der Waals surface area contributed by atoms with E-state index in [2.05, 4.69) is 22.3 Å². The summed E-state index contributed by atoms with van der Waals surface area (Å²) in [5, 5.41) is 2.92. The maximum absolute atomic E-state index is 12.9. The van der Waals surface area contributed by atoms with Crippen molar-refractivity contribution in [3.8, 4) is 0 Å². The first-order valence-electron chi connectivity index (χ1n) is 10.9.